The molecule has 0 aliphatic heterocycles. The predicted octanol–water partition coefficient (Wildman–Crippen LogP) is 2.81. The number of benzene rings is 1. The van der Waals surface area contributed by atoms with Crippen LogP contribution in [0.15, 0.2) is 61.2 Å². The monoisotopic (exact) mass is 338 g/mol. The van der Waals surface area contributed by atoms with Gasteiger partial charge in [-0.3, -0.25) is 0 Å². The van der Waals surface area contributed by atoms with Crippen molar-refractivity contribution in [3.63, 3.8) is 0 Å². The van der Waals surface area contributed by atoms with Crippen LogP contribution in [0.4, 0.5) is 0 Å². The van der Waals surface area contributed by atoms with Crippen molar-refractivity contribution in [2.24, 2.45) is 0 Å². The van der Waals surface area contributed by atoms with E-state index in [4.69, 9.17) is 0 Å². The minimum atomic E-state index is -0.0623. The van der Waals surface area contributed by atoms with Gasteiger partial charge in [0.05, 0.1) is 0 Å². The molecule has 0 aliphatic carbocycles. The summed E-state index contributed by atoms with van der Waals surface area (Å²) in [4.78, 5) is 8.14. The van der Waals surface area contributed by atoms with Crippen LogP contribution in [0.3, 0.4) is 0 Å². The SMILES string of the molecule is c1cc(-c2ccc(-c3ccncc3)c3n[se]nc23)ccn1. The number of fused-ring (bicyclic) bond motifs is 1. The molecule has 5 heteroatoms. The van der Waals surface area contributed by atoms with E-state index in [1.807, 2.05) is 24.3 Å². The molecule has 4 nitrogen and oxygen atoms in total. The first-order valence-corrected chi connectivity index (χ1v) is 8.03. The number of aromatic nitrogens is 4. The topological polar surface area (TPSA) is 51.6 Å². The molecule has 4 aromatic rings. The van der Waals surface area contributed by atoms with Gasteiger partial charge in [-0.1, -0.05) is 0 Å². The molecule has 0 bridgehead atoms. The van der Waals surface area contributed by atoms with Gasteiger partial charge >= 0.3 is 127 Å². The van der Waals surface area contributed by atoms with Gasteiger partial charge in [0.2, 0.25) is 0 Å². The molecule has 4 rings (SSSR count). The fourth-order valence-electron chi connectivity index (χ4n) is 2.40. The Bertz CT molecular complexity index is 814. The van der Waals surface area contributed by atoms with Crippen LogP contribution in [0.25, 0.3) is 33.3 Å². The second-order valence-corrected chi connectivity index (χ2v) is 5.70. The Morgan fingerprint density at radius 2 is 1.00 bits per heavy atom. The second kappa shape index (κ2) is 5.20. The molecule has 3 heterocycles. The van der Waals surface area contributed by atoms with E-state index >= 15 is 0 Å². The Balaban J connectivity index is 1.97. The fraction of sp³-hybridized carbons (Fsp3) is 0. The Kier molecular flexibility index (Phi) is 3.07. The molecule has 0 N–H and O–H groups in total. The summed E-state index contributed by atoms with van der Waals surface area (Å²) in [6.07, 6.45) is 7.21. The molecular formula is C16H10N4Se. The summed E-state index contributed by atoms with van der Waals surface area (Å²) in [5, 5.41) is 0. The van der Waals surface area contributed by atoms with Gasteiger partial charge in [-0.05, 0) is 0 Å². The summed E-state index contributed by atoms with van der Waals surface area (Å²) in [5.41, 5.74) is 6.48. The van der Waals surface area contributed by atoms with E-state index in [1.54, 1.807) is 24.8 Å². The fourth-order valence-corrected chi connectivity index (χ4v) is 3.60. The molecule has 0 radical (unpaired) electrons. The van der Waals surface area contributed by atoms with Gasteiger partial charge in [0.1, 0.15) is 0 Å². The maximum atomic E-state index is 4.62. The van der Waals surface area contributed by atoms with E-state index < -0.39 is 0 Å². The molecule has 100 valence electrons. The zero-order chi connectivity index (χ0) is 14.1. The van der Waals surface area contributed by atoms with Crippen LogP contribution >= 0.6 is 0 Å². The molecule has 0 fully saturated rings. The average molecular weight is 337 g/mol. The molecule has 0 saturated carbocycles. The van der Waals surface area contributed by atoms with Crippen molar-refractivity contribution in [2.75, 3.05) is 0 Å². The van der Waals surface area contributed by atoms with Crippen molar-refractivity contribution in [2.45, 2.75) is 0 Å². The molecule has 1 aromatic carbocycles. The number of nitrogens with zero attached hydrogens (tertiary/aromatic N) is 4. The maximum absolute atomic E-state index is 4.62. The third-order valence-electron chi connectivity index (χ3n) is 3.40. The zero-order valence-electron chi connectivity index (χ0n) is 11.0. The Labute approximate surface area is 127 Å². The summed E-state index contributed by atoms with van der Waals surface area (Å²) >= 11 is -0.0623. The third kappa shape index (κ3) is 2.17. The Morgan fingerprint density at radius 3 is 1.43 bits per heavy atom. The molecular weight excluding hydrogens is 327 g/mol. The quantitative estimate of drug-likeness (QED) is 0.528. The van der Waals surface area contributed by atoms with Crippen LogP contribution in [0.1, 0.15) is 0 Å². The van der Waals surface area contributed by atoms with Crippen molar-refractivity contribution in [1.29, 1.82) is 0 Å². The van der Waals surface area contributed by atoms with E-state index in [9.17, 15) is 0 Å². The number of pyridine rings is 2. The standard InChI is InChI=1S/C16H10N4Se/c1-2-14(12-5-9-18-10-6-12)16-15(19-21-20-16)13(1)11-3-7-17-8-4-11/h1-10H. The van der Waals surface area contributed by atoms with Crippen molar-refractivity contribution < 1.29 is 0 Å². The van der Waals surface area contributed by atoms with Crippen LogP contribution < -0.4 is 0 Å². The van der Waals surface area contributed by atoms with E-state index in [-0.39, 0.29) is 15.0 Å². The van der Waals surface area contributed by atoms with Gasteiger partial charge < -0.3 is 0 Å². The predicted molar refractivity (Wildman–Crippen MR) is 82.9 cm³/mol. The summed E-state index contributed by atoms with van der Waals surface area (Å²) < 4.78 is 9.24. The number of hydrogen-bond acceptors (Lipinski definition) is 4. The summed E-state index contributed by atoms with van der Waals surface area (Å²) in [6.45, 7) is 0. The molecule has 0 atom stereocenters. The van der Waals surface area contributed by atoms with Gasteiger partial charge in [-0.2, -0.15) is 0 Å². The average Bonchev–Trinajstić information content (AvgIpc) is 3.05. The molecule has 0 aliphatic rings. The van der Waals surface area contributed by atoms with Gasteiger partial charge in [-0.15, -0.1) is 0 Å². The first kappa shape index (κ1) is 12.4. The first-order chi connectivity index (χ1) is 10.4. The second-order valence-electron chi connectivity index (χ2n) is 4.59. The van der Waals surface area contributed by atoms with Crippen LogP contribution in [-0.2, 0) is 0 Å². The van der Waals surface area contributed by atoms with Crippen LogP contribution in [-0.4, -0.2) is 32.9 Å². The van der Waals surface area contributed by atoms with Crippen molar-refractivity contribution in [3.05, 3.63) is 61.2 Å². The van der Waals surface area contributed by atoms with Gasteiger partial charge in [0.15, 0.2) is 0 Å². The van der Waals surface area contributed by atoms with Gasteiger partial charge in [0, 0.05) is 0 Å². The van der Waals surface area contributed by atoms with Crippen LogP contribution in [0, 0.1) is 0 Å². The normalized spacial score (nSPS) is 10.9. The van der Waals surface area contributed by atoms with Crippen molar-refractivity contribution in [1.82, 2.24) is 17.9 Å². The third-order valence-corrected chi connectivity index (χ3v) is 4.51. The van der Waals surface area contributed by atoms with Gasteiger partial charge in [0.25, 0.3) is 0 Å². The molecule has 0 saturated heterocycles. The molecule has 0 spiro atoms. The van der Waals surface area contributed by atoms with E-state index in [0.29, 0.717) is 0 Å². The van der Waals surface area contributed by atoms with E-state index in [0.717, 1.165) is 33.3 Å². The molecule has 0 unspecified atom stereocenters. The van der Waals surface area contributed by atoms with Crippen molar-refractivity contribution >= 4 is 26.0 Å². The Morgan fingerprint density at radius 1 is 0.571 bits per heavy atom. The van der Waals surface area contributed by atoms with E-state index in [1.165, 1.54) is 0 Å². The van der Waals surface area contributed by atoms with Crippen LogP contribution in [0.2, 0.25) is 0 Å². The molecule has 21 heavy (non-hydrogen) atoms. The zero-order valence-corrected chi connectivity index (χ0v) is 12.7. The summed E-state index contributed by atoms with van der Waals surface area (Å²) in [5.74, 6) is 0. The minimum absolute atomic E-state index is 0.0623. The van der Waals surface area contributed by atoms with Gasteiger partial charge in [-0.25, -0.2) is 0 Å². The summed E-state index contributed by atoms with van der Waals surface area (Å²) in [6, 6.07) is 12.2. The molecule has 3 aromatic heterocycles. The summed E-state index contributed by atoms with van der Waals surface area (Å²) in [7, 11) is 0. The Hall–Kier alpha value is -2.36. The first-order valence-electron chi connectivity index (χ1n) is 6.49. The number of rotatable bonds is 2. The van der Waals surface area contributed by atoms with Crippen molar-refractivity contribution in [3.8, 4) is 22.3 Å². The van der Waals surface area contributed by atoms with Crippen LogP contribution in [0.5, 0.6) is 0 Å². The molecule has 0 amide bonds. The number of hydrogen-bond donors (Lipinski definition) is 0. The van der Waals surface area contributed by atoms with E-state index in [2.05, 4.69) is 30.1 Å².